The van der Waals surface area contributed by atoms with E-state index >= 15 is 0 Å². The molecule has 1 aromatic carbocycles. The van der Waals surface area contributed by atoms with Crippen molar-refractivity contribution in [1.82, 2.24) is 20.2 Å². The lowest BCUT2D eigenvalue weighted by atomic mass is 10.1. The van der Waals surface area contributed by atoms with Gasteiger partial charge in [-0.05, 0) is 50.5 Å². The Kier molecular flexibility index (Phi) is 6.04. The molecule has 3 aromatic rings. The number of benzene rings is 1. The maximum absolute atomic E-state index is 12.4. The van der Waals surface area contributed by atoms with Crippen LogP contribution in [0.25, 0.3) is 10.6 Å². The first-order valence-electron chi connectivity index (χ1n) is 9.86. The van der Waals surface area contributed by atoms with E-state index in [1.807, 2.05) is 36.6 Å². The van der Waals surface area contributed by atoms with Crippen molar-refractivity contribution in [2.45, 2.75) is 32.6 Å². The Morgan fingerprint density at radius 1 is 1.21 bits per heavy atom. The molecule has 152 valence electrons. The first-order valence-corrected chi connectivity index (χ1v) is 10.7. The van der Waals surface area contributed by atoms with Crippen molar-refractivity contribution in [1.29, 1.82) is 0 Å². The lowest BCUT2D eigenvalue weighted by molar-refractivity contribution is -0.115. The van der Waals surface area contributed by atoms with Crippen LogP contribution in [0.5, 0.6) is 5.75 Å². The SMILES string of the molecule is CCOc1ccc(-c2nc(CC(=O)Nc3nc(N4CCCCC4)n[nH]3)cs2)cc1. The Labute approximate surface area is 173 Å². The van der Waals surface area contributed by atoms with E-state index in [2.05, 4.69) is 30.4 Å². The Morgan fingerprint density at radius 3 is 2.76 bits per heavy atom. The van der Waals surface area contributed by atoms with Crippen LogP contribution in [-0.4, -0.2) is 45.8 Å². The molecule has 0 radical (unpaired) electrons. The fraction of sp³-hybridized carbons (Fsp3) is 0.400. The topological polar surface area (TPSA) is 96.0 Å². The highest BCUT2D eigenvalue weighted by atomic mass is 32.1. The molecule has 1 amide bonds. The summed E-state index contributed by atoms with van der Waals surface area (Å²) >= 11 is 1.52. The zero-order chi connectivity index (χ0) is 20.1. The molecule has 8 nitrogen and oxygen atoms in total. The molecule has 0 saturated carbocycles. The normalized spacial score (nSPS) is 14.0. The van der Waals surface area contributed by atoms with Gasteiger partial charge in [-0.1, -0.05) is 0 Å². The van der Waals surface area contributed by atoms with Gasteiger partial charge in [-0.25, -0.2) is 10.1 Å². The summed E-state index contributed by atoms with van der Waals surface area (Å²) in [6, 6.07) is 7.81. The van der Waals surface area contributed by atoms with E-state index in [0.717, 1.165) is 47.9 Å². The van der Waals surface area contributed by atoms with E-state index in [0.29, 0.717) is 18.5 Å². The maximum Gasteiger partial charge on any atom is 0.246 e. The quantitative estimate of drug-likeness (QED) is 0.617. The fourth-order valence-corrected chi connectivity index (χ4v) is 4.09. The molecule has 0 atom stereocenters. The lowest BCUT2D eigenvalue weighted by Gasteiger charge is -2.24. The minimum atomic E-state index is -0.171. The summed E-state index contributed by atoms with van der Waals surface area (Å²) in [5.74, 6) is 1.68. The van der Waals surface area contributed by atoms with Crippen LogP contribution in [0.15, 0.2) is 29.6 Å². The molecule has 0 bridgehead atoms. The lowest BCUT2D eigenvalue weighted by Crippen LogP contribution is -2.30. The summed E-state index contributed by atoms with van der Waals surface area (Å²) in [7, 11) is 0. The summed E-state index contributed by atoms with van der Waals surface area (Å²) in [6.07, 6.45) is 3.73. The summed E-state index contributed by atoms with van der Waals surface area (Å²) in [5.41, 5.74) is 1.73. The Hall–Kier alpha value is -2.94. The molecular formula is C20H24N6O2S. The van der Waals surface area contributed by atoms with Crippen LogP contribution in [0.2, 0.25) is 0 Å². The highest BCUT2D eigenvalue weighted by molar-refractivity contribution is 7.13. The largest absolute Gasteiger partial charge is 0.494 e. The molecule has 0 aliphatic carbocycles. The molecule has 4 rings (SSSR count). The van der Waals surface area contributed by atoms with Gasteiger partial charge >= 0.3 is 0 Å². The average Bonchev–Trinajstić information content (AvgIpc) is 3.39. The van der Waals surface area contributed by atoms with Crippen molar-refractivity contribution in [3.63, 3.8) is 0 Å². The molecule has 1 aliphatic rings. The second kappa shape index (κ2) is 9.04. The predicted octanol–water partition coefficient (Wildman–Crippen LogP) is 3.50. The number of aromatic nitrogens is 4. The third-order valence-corrected chi connectivity index (χ3v) is 5.62. The smallest absolute Gasteiger partial charge is 0.246 e. The number of thiazole rings is 1. The van der Waals surface area contributed by atoms with Gasteiger partial charge in [-0.15, -0.1) is 16.4 Å². The first-order chi connectivity index (χ1) is 14.2. The summed E-state index contributed by atoms with van der Waals surface area (Å²) < 4.78 is 5.46. The number of nitrogens with zero attached hydrogens (tertiary/aromatic N) is 4. The number of carbonyl (C=O) groups is 1. The number of carbonyl (C=O) groups excluding carboxylic acids is 1. The Bertz CT molecular complexity index is 946. The molecule has 0 unspecified atom stereocenters. The standard InChI is InChI=1S/C20H24N6O2S/c1-2-28-16-8-6-14(7-9-16)18-21-15(13-29-18)12-17(27)22-19-23-20(25-24-19)26-10-4-3-5-11-26/h6-9,13H,2-5,10-12H2,1H3,(H2,22,23,24,25,27). The van der Waals surface area contributed by atoms with Crippen molar-refractivity contribution >= 4 is 29.1 Å². The van der Waals surface area contributed by atoms with E-state index in [4.69, 9.17) is 4.74 Å². The third-order valence-electron chi connectivity index (χ3n) is 4.68. The van der Waals surface area contributed by atoms with Crippen molar-refractivity contribution in [2.75, 3.05) is 29.9 Å². The highest BCUT2D eigenvalue weighted by Crippen LogP contribution is 2.26. The van der Waals surface area contributed by atoms with Crippen LogP contribution in [0.3, 0.4) is 0 Å². The number of H-pyrrole nitrogens is 1. The van der Waals surface area contributed by atoms with E-state index in [-0.39, 0.29) is 12.3 Å². The minimum absolute atomic E-state index is 0.171. The first kappa shape index (κ1) is 19.4. The van der Waals surface area contributed by atoms with Gasteiger partial charge in [0.2, 0.25) is 17.8 Å². The third kappa shape index (κ3) is 4.92. The molecule has 29 heavy (non-hydrogen) atoms. The number of hydrogen-bond acceptors (Lipinski definition) is 7. The molecule has 0 spiro atoms. The molecule has 1 aliphatic heterocycles. The number of aromatic amines is 1. The second-order valence-corrected chi connectivity index (χ2v) is 7.72. The van der Waals surface area contributed by atoms with Crippen LogP contribution < -0.4 is 15.0 Å². The van der Waals surface area contributed by atoms with E-state index < -0.39 is 0 Å². The molecule has 2 N–H and O–H groups in total. The van der Waals surface area contributed by atoms with Gasteiger partial charge in [0, 0.05) is 24.0 Å². The van der Waals surface area contributed by atoms with Gasteiger partial charge in [0.1, 0.15) is 10.8 Å². The number of piperidine rings is 1. The molecular weight excluding hydrogens is 388 g/mol. The summed E-state index contributed by atoms with van der Waals surface area (Å²) in [6.45, 7) is 4.51. The zero-order valence-electron chi connectivity index (χ0n) is 16.4. The van der Waals surface area contributed by atoms with Crippen LogP contribution in [-0.2, 0) is 11.2 Å². The monoisotopic (exact) mass is 412 g/mol. The number of amides is 1. The van der Waals surface area contributed by atoms with Crippen LogP contribution in [0.4, 0.5) is 11.9 Å². The maximum atomic E-state index is 12.4. The van der Waals surface area contributed by atoms with Crippen molar-refractivity contribution in [2.24, 2.45) is 0 Å². The highest BCUT2D eigenvalue weighted by Gasteiger charge is 2.16. The minimum Gasteiger partial charge on any atom is -0.494 e. The van der Waals surface area contributed by atoms with Gasteiger partial charge in [-0.3, -0.25) is 10.1 Å². The second-order valence-electron chi connectivity index (χ2n) is 6.86. The van der Waals surface area contributed by atoms with Crippen LogP contribution >= 0.6 is 11.3 Å². The fourth-order valence-electron chi connectivity index (χ4n) is 3.27. The van der Waals surface area contributed by atoms with Crippen molar-refractivity contribution in [3.05, 3.63) is 35.3 Å². The Morgan fingerprint density at radius 2 is 2.00 bits per heavy atom. The van der Waals surface area contributed by atoms with Gasteiger partial charge in [0.05, 0.1) is 18.7 Å². The summed E-state index contributed by atoms with van der Waals surface area (Å²) in [5, 5.41) is 12.6. The molecule has 1 saturated heterocycles. The Balaban J connectivity index is 1.34. The number of nitrogens with one attached hydrogen (secondary N) is 2. The zero-order valence-corrected chi connectivity index (χ0v) is 17.2. The van der Waals surface area contributed by atoms with E-state index in [1.165, 1.54) is 17.8 Å². The van der Waals surface area contributed by atoms with Gasteiger partial charge < -0.3 is 9.64 Å². The molecule has 3 heterocycles. The number of hydrogen-bond donors (Lipinski definition) is 2. The number of rotatable bonds is 7. The van der Waals surface area contributed by atoms with Gasteiger partial charge in [-0.2, -0.15) is 4.98 Å². The molecule has 2 aromatic heterocycles. The van der Waals surface area contributed by atoms with Gasteiger partial charge in [0.25, 0.3) is 0 Å². The average molecular weight is 413 g/mol. The van der Waals surface area contributed by atoms with E-state index in [9.17, 15) is 4.79 Å². The van der Waals surface area contributed by atoms with Gasteiger partial charge in [0.15, 0.2) is 0 Å². The van der Waals surface area contributed by atoms with Crippen molar-refractivity contribution in [3.8, 4) is 16.3 Å². The molecule has 1 fully saturated rings. The predicted molar refractivity (Wildman–Crippen MR) is 113 cm³/mol. The van der Waals surface area contributed by atoms with E-state index in [1.54, 1.807) is 0 Å². The van der Waals surface area contributed by atoms with Crippen molar-refractivity contribution < 1.29 is 9.53 Å². The number of anilines is 2. The number of ether oxygens (including phenoxy) is 1. The van der Waals surface area contributed by atoms with Crippen LogP contribution in [0.1, 0.15) is 31.9 Å². The summed E-state index contributed by atoms with van der Waals surface area (Å²) in [4.78, 5) is 23.5. The molecule has 9 heteroatoms. The van der Waals surface area contributed by atoms with Crippen LogP contribution in [0, 0.1) is 0 Å².